The number of hydrogen-bond donors (Lipinski definition) is 2. The van der Waals surface area contributed by atoms with Crippen LogP contribution in [-0.4, -0.2) is 34.4 Å². The summed E-state index contributed by atoms with van der Waals surface area (Å²) in [5, 5.41) is 0. The lowest BCUT2D eigenvalue weighted by atomic mass is 10.5. The highest BCUT2D eigenvalue weighted by molar-refractivity contribution is 8.20. The summed E-state index contributed by atoms with van der Waals surface area (Å²) in [6.45, 7) is 0.171. The number of carbonyl (C=O) groups is 1. The summed E-state index contributed by atoms with van der Waals surface area (Å²) in [5.74, 6) is 0. The van der Waals surface area contributed by atoms with Gasteiger partial charge in [-0.25, -0.2) is 4.79 Å². The monoisotopic (exact) mass is 198 g/mol. The van der Waals surface area contributed by atoms with Gasteiger partial charge in [0.1, 0.15) is 10.9 Å². The van der Waals surface area contributed by atoms with E-state index in [4.69, 9.17) is 9.11 Å². The van der Waals surface area contributed by atoms with Crippen LogP contribution in [0.25, 0.3) is 0 Å². The van der Waals surface area contributed by atoms with Crippen molar-refractivity contribution in [3.63, 3.8) is 0 Å². The normalized spacial score (nSPS) is 29.4. The van der Waals surface area contributed by atoms with E-state index >= 15 is 0 Å². The lowest BCUT2D eigenvalue weighted by molar-refractivity contribution is 0.0593. The maximum Gasteiger partial charge on any atom is 0.509 e. The summed E-state index contributed by atoms with van der Waals surface area (Å²) in [6.07, 6.45) is -0.664. The third-order valence-electron chi connectivity index (χ3n) is 1.35. The molecule has 1 saturated heterocycles. The maximum absolute atomic E-state index is 10.5. The first-order valence-corrected chi connectivity index (χ1v) is 4.76. The highest BCUT2D eigenvalue weighted by atomic mass is 32.3. The lowest BCUT2D eigenvalue weighted by Crippen LogP contribution is -2.20. The molecule has 0 bridgehead atoms. The van der Waals surface area contributed by atoms with Crippen LogP contribution in [-0.2, 0) is 13.7 Å². The van der Waals surface area contributed by atoms with Crippen LogP contribution in [0.2, 0.25) is 0 Å². The van der Waals surface area contributed by atoms with Crippen molar-refractivity contribution in [2.24, 2.45) is 0 Å². The second-order valence-corrected chi connectivity index (χ2v) is 3.99. The fourth-order valence-corrected chi connectivity index (χ4v) is 1.87. The van der Waals surface area contributed by atoms with Crippen molar-refractivity contribution in [1.29, 1.82) is 0 Å². The fraction of sp³-hybridized carbons (Fsp3) is 0.800. The quantitative estimate of drug-likeness (QED) is 0.615. The third-order valence-corrected chi connectivity index (χ3v) is 2.88. The Bertz CT molecular complexity index is 181. The molecule has 6 nitrogen and oxygen atoms in total. The summed E-state index contributed by atoms with van der Waals surface area (Å²) >= 11 is 0. The second kappa shape index (κ2) is 3.48. The molecule has 1 rings (SSSR count). The largest absolute Gasteiger partial charge is 0.509 e. The predicted molar refractivity (Wildman–Crippen MR) is 40.7 cm³/mol. The Kier molecular flexibility index (Phi) is 2.78. The van der Waals surface area contributed by atoms with Crippen molar-refractivity contribution in [1.82, 2.24) is 0 Å². The number of ether oxygens (including phenoxy) is 2. The zero-order valence-electron chi connectivity index (χ0n) is 6.43. The SMILES string of the molecule is COC(=O)OC1CCOS1(O)O. The van der Waals surface area contributed by atoms with E-state index in [-0.39, 0.29) is 13.0 Å². The molecule has 1 fully saturated rings. The molecular formula is C5H10O6S. The maximum atomic E-state index is 10.5. The van der Waals surface area contributed by atoms with Crippen LogP contribution in [0.15, 0.2) is 0 Å². The molecule has 0 aromatic carbocycles. The van der Waals surface area contributed by atoms with Crippen LogP contribution >= 0.6 is 10.9 Å². The molecule has 0 aromatic rings. The van der Waals surface area contributed by atoms with Crippen LogP contribution in [0.1, 0.15) is 6.42 Å². The van der Waals surface area contributed by atoms with Gasteiger partial charge in [0.25, 0.3) is 0 Å². The number of carbonyl (C=O) groups excluding carboxylic acids is 1. The minimum Gasteiger partial charge on any atom is -0.438 e. The molecule has 0 aliphatic carbocycles. The molecule has 1 aliphatic heterocycles. The Labute approximate surface area is 71.0 Å². The van der Waals surface area contributed by atoms with Crippen LogP contribution in [0.4, 0.5) is 4.79 Å². The van der Waals surface area contributed by atoms with E-state index < -0.39 is 22.5 Å². The molecule has 12 heavy (non-hydrogen) atoms. The molecule has 0 aromatic heterocycles. The van der Waals surface area contributed by atoms with Gasteiger partial charge in [-0.05, 0) is 0 Å². The summed E-state index contributed by atoms with van der Waals surface area (Å²) in [4.78, 5) is 10.5. The van der Waals surface area contributed by atoms with Crippen LogP contribution < -0.4 is 0 Å². The molecule has 2 N–H and O–H groups in total. The lowest BCUT2D eigenvalue weighted by Gasteiger charge is -2.25. The Hall–Kier alpha value is -0.500. The molecule has 0 radical (unpaired) electrons. The van der Waals surface area contributed by atoms with Crippen molar-refractivity contribution >= 4 is 17.0 Å². The van der Waals surface area contributed by atoms with Crippen LogP contribution in [0, 0.1) is 0 Å². The molecule has 0 saturated carbocycles. The summed E-state index contributed by atoms with van der Waals surface area (Å²) in [7, 11) is -2.07. The van der Waals surface area contributed by atoms with E-state index in [0.29, 0.717) is 0 Å². The van der Waals surface area contributed by atoms with E-state index in [9.17, 15) is 4.79 Å². The number of methoxy groups -OCH3 is 1. The molecular weight excluding hydrogens is 188 g/mol. The molecule has 0 amide bonds. The first kappa shape index (κ1) is 9.59. The first-order valence-electron chi connectivity index (χ1n) is 3.22. The van der Waals surface area contributed by atoms with Gasteiger partial charge in [-0.1, -0.05) is 0 Å². The molecule has 72 valence electrons. The van der Waals surface area contributed by atoms with Gasteiger partial charge in [-0.2, -0.15) is 0 Å². The standard InChI is InChI=1S/C5H10O6S/c1-9-5(6)11-4-2-3-10-12(4,7)8/h4,7-8H,2-3H2,1H3. The average molecular weight is 198 g/mol. The average Bonchev–Trinajstić information content (AvgIpc) is 2.31. The highest BCUT2D eigenvalue weighted by Crippen LogP contribution is 2.52. The first-order chi connectivity index (χ1) is 5.56. The van der Waals surface area contributed by atoms with Gasteiger partial charge in [0.15, 0.2) is 0 Å². The van der Waals surface area contributed by atoms with Crippen molar-refractivity contribution in [2.45, 2.75) is 11.9 Å². The van der Waals surface area contributed by atoms with Crippen molar-refractivity contribution in [3.05, 3.63) is 0 Å². The van der Waals surface area contributed by atoms with E-state index in [1.165, 1.54) is 0 Å². The van der Waals surface area contributed by atoms with Gasteiger partial charge >= 0.3 is 6.16 Å². The molecule has 0 spiro atoms. The Morgan fingerprint density at radius 1 is 1.67 bits per heavy atom. The zero-order chi connectivity index (χ0) is 9.19. The zero-order valence-corrected chi connectivity index (χ0v) is 7.24. The highest BCUT2D eigenvalue weighted by Gasteiger charge is 2.40. The molecule has 7 heteroatoms. The Morgan fingerprint density at radius 3 is 2.75 bits per heavy atom. The van der Waals surface area contributed by atoms with Gasteiger partial charge in [0.2, 0.25) is 5.44 Å². The van der Waals surface area contributed by atoms with Crippen molar-refractivity contribution in [2.75, 3.05) is 13.7 Å². The minimum absolute atomic E-state index is 0.171. The van der Waals surface area contributed by atoms with Gasteiger partial charge in [0.05, 0.1) is 13.7 Å². The molecule has 1 aliphatic rings. The summed E-state index contributed by atoms with van der Waals surface area (Å²) in [5.41, 5.74) is -0.995. The van der Waals surface area contributed by atoms with Crippen molar-refractivity contribution < 1.29 is 27.6 Å². The summed E-state index contributed by atoms with van der Waals surface area (Å²) in [6, 6.07) is 0. The van der Waals surface area contributed by atoms with E-state index in [0.717, 1.165) is 7.11 Å². The van der Waals surface area contributed by atoms with Crippen molar-refractivity contribution in [3.8, 4) is 0 Å². The minimum atomic E-state index is -3.22. The van der Waals surface area contributed by atoms with Crippen LogP contribution in [0.3, 0.4) is 0 Å². The number of rotatable bonds is 1. The second-order valence-electron chi connectivity index (χ2n) is 2.15. The molecule has 1 unspecified atom stereocenters. The topological polar surface area (TPSA) is 85.2 Å². The fourth-order valence-electron chi connectivity index (χ4n) is 0.773. The van der Waals surface area contributed by atoms with Gasteiger partial charge in [-0.15, -0.1) is 0 Å². The Morgan fingerprint density at radius 2 is 2.33 bits per heavy atom. The number of hydrogen-bond acceptors (Lipinski definition) is 6. The predicted octanol–water partition coefficient (Wildman–Crippen LogP) is 1.18. The smallest absolute Gasteiger partial charge is 0.438 e. The third kappa shape index (κ3) is 2.01. The van der Waals surface area contributed by atoms with E-state index in [1.54, 1.807) is 0 Å². The summed E-state index contributed by atoms with van der Waals surface area (Å²) < 4.78 is 31.4. The molecule has 1 heterocycles. The Balaban J connectivity index is 2.47. The van der Waals surface area contributed by atoms with E-state index in [2.05, 4.69) is 13.7 Å². The molecule has 1 atom stereocenters. The van der Waals surface area contributed by atoms with Gasteiger partial charge in [-0.3, -0.25) is 4.18 Å². The van der Waals surface area contributed by atoms with Crippen LogP contribution in [0.5, 0.6) is 0 Å². The van der Waals surface area contributed by atoms with E-state index in [1.807, 2.05) is 0 Å². The van der Waals surface area contributed by atoms with Gasteiger partial charge in [0, 0.05) is 6.42 Å². The van der Waals surface area contributed by atoms with Gasteiger partial charge < -0.3 is 18.6 Å².